The monoisotopic (exact) mass is 423 g/mol. The summed E-state index contributed by atoms with van der Waals surface area (Å²) < 4.78 is 6.27. The molecule has 0 atom stereocenters. The molecule has 0 aliphatic carbocycles. The lowest BCUT2D eigenvalue weighted by molar-refractivity contribution is 0.127. The van der Waals surface area contributed by atoms with Crippen molar-refractivity contribution in [3.63, 3.8) is 0 Å². The van der Waals surface area contributed by atoms with Gasteiger partial charge in [0, 0.05) is 18.3 Å². The zero-order valence-electron chi connectivity index (χ0n) is 17.3. The lowest BCUT2D eigenvalue weighted by Gasteiger charge is -2.07. The number of benzene rings is 1. The van der Waals surface area contributed by atoms with E-state index in [2.05, 4.69) is 25.7 Å². The summed E-state index contributed by atoms with van der Waals surface area (Å²) in [5, 5.41) is 15.9. The highest BCUT2D eigenvalue weighted by atomic mass is 16.6. The van der Waals surface area contributed by atoms with Crippen LogP contribution in [0.2, 0.25) is 0 Å². The maximum absolute atomic E-state index is 10.5. The van der Waals surface area contributed by atoms with Crippen molar-refractivity contribution in [2.24, 2.45) is 17.9 Å². The molecule has 3 rings (SSSR count). The summed E-state index contributed by atoms with van der Waals surface area (Å²) in [5.74, 6) is 0.508. The quantitative estimate of drug-likeness (QED) is 0.285. The minimum atomic E-state index is -0.733. The molecule has 2 aromatic heterocycles. The zero-order chi connectivity index (χ0) is 21.9. The average molecular weight is 423 g/mol. The number of rotatable bonds is 11. The molecule has 0 aliphatic heterocycles. The number of unbranched alkanes of at least 4 members (excludes halogenated alkanes) is 2. The van der Waals surface area contributed by atoms with Crippen molar-refractivity contribution >= 4 is 11.8 Å². The van der Waals surface area contributed by atoms with Crippen molar-refractivity contribution in [2.75, 3.05) is 6.61 Å². The number of hydrogen-bond acceptors (Lipinski definition) is 8. The molecule has 0 saturated carbocycles. The fourth-order valence-electron chi connectivity index (χ4n) is 2.92. The summed E-state index contributed by atoms with van der Waals surface area (Å²) in [6.07, 6.45) is 2.73. The predicted molar refractivity (Wildman–Crippen MR) is 113 cm³/mol. The van der Waals surface area contributed by atoms with Crippen molar-refractivity contribution < 1.29 is 14.4 Å². The molecule has 3 aromatic rings. The normalized spacial score (nSPS) is 11.3. The van der Waals surface area contributed by atoms with Crippen LogP contribution in [-0.2, 0) is 29.6 Å². The molecule has 0 fully saturated rings. The molecule has 0 aliphatic rings. The lowest BCUT2D eigenvalue weighted by Crippen LogP contribution is -2.13. The van der Waals surface area contributed by atoms with Gasteiger partial charge in [-0.1, -0.05) is 41.6 Å². The van der Waals surface area contributed by atoms with Gasteiger partial charge in [-0.05, 0) is 48.2 Å². The van der Waals surface area contributed by atoms with Crippen LogP contribution in [0.15, 0.2) is 53.7 Å². The molecule has 2 N–H and O–H groups in total. The Kier molecular flexibility index (Phi) is 8.04. The summed E-state index contributed by atoms with van der Waals surface area (Å²) in [4.78, 5) is 20.8. The molecule has 0 unspecified atom stereocenters. The molecule has 2 heterocycles. The number of primary amides is 1. The van der Waals surface area contributed by atoms with E-state index >= 15 is 0 Å². The van der Waals surface area contributed by atoms with Gasteiger partial charge in [-0.3, -0.25) is 4.98 Å². The van der Waals surface area contributed by atoms with Crippen molar-refractivity contribution in [1.29, 1.82) is 0 Å². The highest BCUT2D eigenvalue weighted by Crippen LogP contribution is 2.10. The standard InChI is InChI=1S/C21H25N7O3/c1-28-20(24-26-27-28)19(16-9-4-2-5-10-16)25-31-15-18-13-8-12-17(23-18)11-6-3-7-14-30-21(22)29/h2,4-5,8-10,12-13H,3,6-7,11,14-15H2,1H3,(H2,22,29). The van der Waals surface area contributed by atoms with Gasteiger partial charge in [0.2, 0.25) is 5.82 Å². The molecule has 10 heteroatoms. The Hall–Kier alpha value is -3.82. The number of nitrogens with zero attached hydrogens (tertiary/aromatic N) is 6. The number of carbonyl (C=O) groups is 1. The van der Waals surface area contributed by atoms with E-state index in [1.54, 1.807) is 11.7 Å². The van der Waals surface area contributed by atoms with Crippen LogP contribution in [0.4, 0.5) is 4.79 Å². The number of ether oxygens (including phenoxy) is 1. The van der Waals surface area contributed by atoms with Crippen molar-refractivity contribution in [1.82, 2.24) is 25.2 Å². The summed E-state index contributed by atoms with van der Waals surface area (Å²) in [6, 6.07) is 15.4. The Morgan fingerprint density at radius 2 is 1.87 bits per heavy atom. The van der Waals surface area contributed by atoms with Crippen molar-refractivity contribution in [3.05, 3.63) is 71.3 Å². The molecule has 1 aromatic carbocycles. The third-order valence-corrected chi connectivity index (χ3v) is 4.43. The van der Waals surface area contributed by atoms with E-state index in [0.29, 0.717) is 18.1 Å². The van der Waals surface area contributed by atoms with Gasteiger partial charge in [-0.15, -0.1) is 5.10 Å². The maximum atomic E-state index is 10.5. The van der Waals surface area contributed by atoms with Crippen LogP contribution in [0.25, 0.3) is 0 Å². The van der Waals surface area contributed by atoms with Crippen LogP contribution >= 0.6 is 0 Å². The van der Waals surface area contributed by atoms with E-state index in [4.69, 9.17) is 15.3 Å². The Morgan fingerprint density at radius 1 is 1.06 bits per heavy atom. The van der Waals surface area contributed by atoms with Gasteiger partial charge < -0.3 is 15.3 Å². The predicted octanol–water partition coefficient (Wildman–Crippen LogP) is 2.38. The number of tetrazole rings is 1. The third-order valence-electron chi connectivity index (χ3n) is 4.43. The molecule has 31 heavy (non-hydrogen) atoms. The molecule has 0 radical (unpaired) electrons. The fourth-order valence-corrected chi connectivity index (χ4v) is 2.92. The Morgan fingerprint density at radius 3 is 2.61 bits per heavy atom. The van der Waals surface area contributed by atoms with E-state index in [9.17, 15) is 4.79 Å². The van der Waals surface area contributed by atoms with E-state index < -0.39 is 6.09 Å². The van der Waals surface area contributed by atoms with Gasteiger partial charge in [0.1, 0.15) is 0 Å². The Balaban J connectivity index is 1.57. The van der Waals surface area contributed by atoms with Crippen LogP contribution in [0.1, 0.15) is 42.0 Å². The molecule has 0 spiro atoms. The second kappa shape index (κ2) is 11.4. The Bertz CT molecular complexity index is 1000. The molecule has 10 nitrogen and oxygen atoms in total. The SMILES string of the molecule is Cn1nnnc1C(=NOCc1cccc(CCCCCOC(N)=O)n1)c1ccccc1. The molecule has 0 saturated heterocycles. The molecule has 162 valence electrons. The van der Waals surface area contributed by atoms with Crippen LogP contribution in [0.5, 0.6) is 0 Å². The third kappa shape index (κ3) is 6.88. The van der Waals surface area contributed by atoms with Gasteiger partial charge >= 0.3 is 6.09 Å². The lowest BCUT2D eigenvalue weighted by atomic mass is 10.1. The van der Waals surface area contributed by atoms with Crippen LogP contribution in [0.3, 0.4) is 0 Å². The van der Waals surface area contributed by atoms with Crippen LogP contribution in [0, 0.1) is 0 Å². The summed E-state index contributed by atoms with van der Waals surface area (Å²) in [6.45, 7) is 0.571. The summed E-state index contributed by atoms with van der Waals surface area (Å²) in [5.41, 5.74) is 8.08. The van der Waals surface area contributed by atoms with Crippen molar-refractivity contribution in [3.8, 4) is 0 Å². The van der Waals surface area contributed by atoms with Crippen LogP contribution < -0.4 is 5.73 Å². The van der Waals surface area contributed by atoms with E-state index in [0.717, 1.165) is 42.6 Å². The number of pyridine rings is 1. The van der Waals surface area contributed by atoms with Crippen LogP contribution in [-0.4, -0.2) is 43.6 Å². The number of oxime groups is 1. The first-order valence-corrected chi connectivity index (χ1v) is 9.98. The first-order chi connectivity index (χ1) is 15.1. The fraction of sp³-hybridized carbons (Fsp3) is 0.333. The summed E-state index contributed by atoms with van der Waals surface area (Å²) >= 11 is 0. The largest absolute Gasteiger partial charge is 0.450 e. The smallest absolute Gasteiger partial charge is 0.404 e. The number of hydrogen-bond donors (Lipinski definition) is 1. The van der Waals surface area contributed by atoms with E-state index in [-0.39, 0.29) is 6.61 Å². The average Bonchev–Trinajstić information content (AvgIpc) is 3.20. The zero-order valence-corrected chi connectivity index (χ0v) is 17.3. The van der Waals surface area contributed by atoms with Crippen molar-refractivity contribution in [2.45, 2.75) is 32.3 Å². The highest BCUT2D eigenvalue weighted by molar-refractivity contribution is 6.10. The number of carbonyl (C=O) groups excluding carboxylic acids is 1. The van der Waals surface area contributed by atoms with Gasteiger partial charge in [-0.25, -0.2) is 9.48 Å². The van der Waals surface area contributed by atoms with Gasteiger partial charge in [0.05, 0.1) is 12.3 Å². The number of amides is 1. The van der Waals surface area contributed by atoms with Gasteiger partial charge in [0.25, 0.3) is 0 Å². The molecular weight excluding hydrogens is 398 g/mol. The first-order valence-electron chi connectivity index (χ1n) is 9.98. The molecular formula is C21H25N7O3. The molecule has 0 bridgehead atoms. The van der Waals surface area contributed by atoms with E-state index in [1.807, 2.05) is 48.5 Å². The molecule has 1 amide bonds. The minimum absolute atomic E-state index is 0.224. The van der Waals surface area contributed by atoms with Gasteiger partial charge in [0.15, 0.2) is 12.3 Å². The number of nitrogens with two attached hydrogens (primary N) is 1. The second-order valence-corrected chi connectivity index (χ2v) is 6.80. The second-order valence-electron chi connectivity index (χ2n) is 6.80. The number of aromatic nitrogens is 5. The topological polar surface area (TPSA) is 130 Å². The summed E-state index contributed by atoms with van der Waals surface area (Å²) in [7, 11) is 1.75. The first kappa shape index (κ1) is 21.9. The van der Waals surface area contributed by atoms with Gasteiger partial charge in [-0.2, -0.15) is 0 Å². The number of aryl methyl sites for hydroxylation is 2. The van der Waals surface area contributed by atoms with E-state index in [1.165, 1.54) is 0 Å². The maximum Gasteiger partial charge on any atom is 0.404 e. The minimum Gasteiger partial charge on any atom is -0.450 e. The Labute approximate surface area is 180 Å². The highest BCUT2D eigenvalue weighted by Gasteiger charge is 2.14.